The van der Waals surface area contributed by atoms with Gasteiger partial charge in [-0.15, -0.1) is 0 Å². The summed E-state index contributed by atoms with van der Waals surface area (Å²) in [4.78, 5) is 34.1. The largest absolute Gasteiger partial charge is 0.364 e. The van der Waals surface area contributed by atoms with Crippen LogP contribution >= 0.6 is 0 Å². The molecule has 0 aliphatic carbocycles. The number of hydrogen-bond donors (Lipinski definition) is 1. The first-order valence-corrected chi connectivity index (χ1v) is 8.89. The summed E-state index contributed by atoms with van der Waals surface area (Å²) in [6.45, 7) is 2.24. The fourth-order valence-corrected chi connectivity index (χ4v) is 3.48. The Kier molecular flexibility index (Phi) is 4.70. The molecule has 1 aromatic heterocycles. The van der Waals surface area contributed by atoms with Crippen LogP contribution in [0.1, 0.15) is 11.3 Å². The molecule has 4 rings (SSSR count). The Morgan fingerprint density at radius 1 is 1.11 bits per heavy atom. The van der Waals surface area contributed by atoms with Gasteiger partial charge in [0.2, 0.25) is 6.29 Å². The van der Waals surface area contributed by atoms with Crippen molar-refractivity contribution >= 4 is 17.9 Å². The van der Waals surface area contributed by atoms with E-state index in [0.717, 1.165) is 28.1 Å². The molecule has 1 aliphatic heterocycles. The topological polar surface area (TPSA) is 69.3 Å². The number of anilines is 1. The molecular weight excluding hydrogens is 340 g/mol. The predicted octanol–water partition coefficient (Wildman–Crippen LogP) is 2.62. The van der Waals surface area contributed by atoms with E-state index >= 15 is 0 Å². The third-order valence-electron chi connectivity index (χ3n) is 4.86. The molecule has 3 aromatic rings. The van der Waals surface area contributed by atoms with E-state index in [1.54, 1.807) is 17.4 Å². The van der Waals surface area contributed by atoms with Crippen LogP contribution in [0, 0.1) is 0 Å². The number of nitrogens with zero attached hydrogens (tertiary/aromatic N) is 3. The molecule has 2 heterocycles. The normalized spacial score (nSPS) is 13.8. The minimum atomic E-state index is -0.477. The van der Waals surface area contributed by atoms with Gasteiger partial charge in [0.25, 0.3) is 5.91 Å². The van der Waals surface area contributed by atoms with Gasteiger partial charge in [-0.1, -0.05) is 36.4 Å². The Morgan fingerprint density at radius 2 is 1.96 bits per heavy atom. The van der Waals surface area contributed by atoms with Gasteiger partial charge in [-0.05, 0) is 28.8 Å². The molecule has 0 saturated carbocycles. The van der Waals surface area contributed by atoms with Crippen LogP contribution in [-0.2, 0) is 22.7 Å². The molecule has 0 bridgehead atoms. The number of hydrogen-bond acceptors (Lipinski definition) is 4. The minimum absolute atomic E-state index is 0.394. The highest BCUT2D eigenvalue weighted by molar-refractivity contribution is 6.23. The Morgan fingerprint density at radius 3 is 2.70 bits per heavy atom. The standard InChI is InChI=1S/C21H20N4O2/c26-14-21(27)25-9-8-24(13-19-11-22-15-23-19)20-7-6-17(10-18(20)12-25)16-4-2-1-3-5-16/h1-7,10-11,14-15H,8-9,12-13H2,(H,22,23). The summed E-state index contributed by atoms with van der Waals surface area (Å²) in [7, 11) is 0. The van der Waals surface area contributed by atoms with E-state index in [4.69, 9.17) is 0 Å². The number of benzene rings is 2. The number of H-pyrrole nitrogens is 1. The number of aromatic nitrogens is 2. The van der Waals surface area contributed by atoms with Crippen LogP contribution < -0.4 is 4.90 Å². The van der Waals surface area contributed by atoms with Gasteiger partial charge in [0, 0.05) is 31.5 Å². The van der Waals surface area contributed by atoms with Crippen LogP contribution in [0.4, 0.5) is 5.69 Å². The molecule has 0 atom stereocenters. The lowest BCUT2D eigenvalue weighted by atomic mass is 10.0. The Bertz CT molecular complexity index is 938. The summed E-state index contributed by atoms with van der Waals surface area (Å²) in [5.74, 6) is -0.477. The highest BCUT2D eigenvalue weighted by Gasteiger charge is 2.23. The van der Waals surface area contributed by atoms with Gasteiger partial charge in [0.15, 0.2) is 0 Å². The first-order valence-electron chi connectivity index (χ1n) is 8.89. The van der Waals surface area contributed by atoms with E-state index in [1.807, 2.05) is 18.2 Å². The number of aromatic amines is 1. The smallest absolute Gasteiger partial charge is 0.287 e. The van der Waals surface area contributed by atoms with Crippen molar-refractivity contribution in [2.24, 2.45) is 0 Å². The molecule has 6 heteroatoms. The number of amides is 1. The van der Waals surface area contributed by atoms with E-state index in [-0.39, 0.29) is 0 Å². The van der Waals surface area contributed by atoms with Gasteiger partial charge < -0.3 is 14.8 Å². The van der Waals surface area contributed by atoms with Gasteiger partial charge in [-0.2, -0.15) is 0 Å². The van der Waals surface area contributed by atoms with E-state index in [9.17, 15) is 9.59 Å². The third-order valence-corrected chi connectivity index (χ3v) is 4.86. The van der Waals surface area contributed by atoms with Crippen LogP contribution in [-0.4, -0.2) is 40.2 Å². The maximum Gasteiger partial charge on any atom is 0.287 e. The van der Waals surface area contributed by atoms with Gasteiger partial charge in [0.05, 0.1) is 18.6 Å². The molecule has 0 spiro atoms. The highest BCUT2D eigenvalue weighted by Crippen LogP contribution is 2.31. The van der Waals surface area contributed by atoms with Crippen LogP contribution in [0.15, 0.2) is 61.1 Å². The van der Waals surface area contributed by atoms with Gasteiger partial charge in [-0.3, -0.25) is 9.59 Å². The molecule has 0 fully saturated rings. The summed E-state index contributed by atoms with van der Waals surface area (Å²) in [5, 5.41) is 0. The van der Waals surface area contributed by atoms with Gasteiger partial charge in [-0.25, -0.2) is 4.98 Å². The fourth-order valence-electron chi connectivity index (χ4n) is 3.48. The molecule has 6 nitrogen and oxygen atoms in total. The highest BCUT2D eigenvalue weighted by atomic mass is 16.2. The molecule has 2 aromatic carbocycles. The number of fused-ring (bicyclic) bond motifs is 1. The van der Waals surface area contributed by atoms with E-state index in [2.05, 4.69) is 45.2 Å². The van der Waals surface area contributed by atoms with E-state index in [0.29, 0.717) is 32.5 Å². The molecule has 0 radical (unpaired) electrons. The van der Waals surface area contributed by atoms with Crippen molar-refractivity contribution in [1.82, 2.24) is 14.9 Å². The van der Waals surface area contributed by atoms with Crippen LogP contribution in [0.25, 0.3) is 11.1 Å². The molecule has 0 saturated heterocycles. The second-order valence-electron chi connectivity index (χ2n) is 6.59. The number of rotatable bonds is 4. The molecule has 136 valence electrons. The van der Waals surface area contributed by atoms with Crippen molar-refractivity contribution in [3.63, 3.8) is 0 Å². The van der Waals surface area contributed by atoms with Crippen molar-refractivity contribution < 1.29 is 9.59 Å². The van der Waals surface area contributed by atoms with Crippen LogP contribution in [0.2, 0.25) is 0 Å². The average molecular weight is 360 g/mol. The Hall–Kier alpha value is -3.41. The van der Waals surface area contributed by atoms with Gasteiger partial charge in [0.1, 0.15) is 0 Å². The molecule has 0 unspecified atom stereocenters. The zero-order valence-electron chi connectivity index (χ0n) is 14.8. The number of aldehydes is 1. The third kappa shape index (κ3) is 3.60. The van der Waals surface area contributed by atoms with Crippen molar-refractivity contribution in [2.45, 2.75) is 13.1 Å². The second-order valence-corrected chi connectivity index (χ2v) is 6.59. The molecule has 1 aliphatic rings. The van der Waals surface area contributed by atoms with Crippen molar-refractivity contribution in [3.05, 3.63) is 72.3 Å². The fraction of sp³-hybridized carbons (Fsp3) is 0.190. The lowest BCUT2D eigenvalue weighted by molar-refractivity contribution is -0.139. The minimum Gasteiger partial charge on any atom is -0.364 e. The summed E-state index contributed by atoms with van der Waals surface area (Å²) in [6.07, 6.45) is 3.86. The van der Waals surface area contributed by atoms with Crippen molar-refractivity contribution in [3.8, 4) is 11.1 Å². The maximum atomic E-state index is 12.0. The summed E-state index contributed by atoms with van der Waals surface area (Å²) in [6, 6.07) is 16.4. The molecule has 1 N–H and O–H groups in total. The first-order chi connectivity index (χ1) is 13.2. The molecule has 27 heavy (non-hydrogen) atoms. The predicted molar refractivity (Wildman–Crippen MR) is 103 cm³/mol. The quantitative estimate of drug-likeness (QED) is 0.574. The zero-order valence-corrected chi connectivity index (χ0v) is 14.8. The van der Waals surface area contributed by atoms with Gasteiger partial charge >= 0.3 is 0 Å². The number of carbonyl (C=O) groups excluding carboxylic acids is 2. The van der Waals surface area contributed by atoms with Crippen LogP contribution in [0.5, 0.6) is 0 Å². The monoisotopic (exact) mass is 360 g/mol. The molecular formula is C21H20N4O2. The maximum absolute atomic E-state index is 12.0. The van der Waals surface area contributed by atoms with Crippen molar-refractivity contribution in [2.75, 3.05) is 18.0 Å². The summed E-state index contributed by atoms with van der Waals surface area (Å²) in [5.41, 5.74) is 5.33. The SMILES string of the molecule is O=CC(=O)N1CCN(Cc2cnc[nH]2)c2ccc(-c3ccccc3)cc2C1. The zero-order chi connectivity index (χ0) is 18.6. The second kappa shape index (κ2) is 7.45. The number of carbonyl (C=O) groups is 2. The average Bonchev–Trinajstić information content (AvgIpc) is 3.16. The summed E-state index contributed by atoms with van der Waals surface area (Å²) >= 11 is 0. The van der Waals surface area contributed by atoms with E-state index in [1.165, 1.54) is 0 Å². The van der Waals surface area contributed by atoms with Crippen molar-refractivity contribution in [1.29, 1.82) is 0 Å². The van der Waals surface area contributed by atoms with E-state index < -0.39 is 5.91 Å². The summed E-state index contributed by atoms with van der Waals surface area (Å²) < 4.78 is 0. The number of nitrogens with one attached hydrogen (secondary N) is 1. The lowest BCUT2D eigenvalue weighted by Gasteiger charge is -2.24. The number of imidazole rings is 1. The first kappa shape index (κ1) is 17.0. The lowest BCUT2D eigenvalue weighted by Crippen LogP contribution is -2.35. The molecule has 1 amide bonds. The Balaban J connectivity index is 1.72. The van der Waals surface area contributed by atoms with Crippen LogP contribution in [0.3, 0.4) is 0 Å². The Labute approximate surface area is 157 Å².